The quantitative estimate of drug-likeness (QED) is 0.353. The van der Waals surface area contributed by atoms with E-state index in [9.17, 15) is 17.4 Å². The molecule has 0 saturated heterocycles. The molecule has 0 amide bonds. The lowest BCUT2D eigenvalue weighted by atomic mass is 10.1. The maximum atomic E-state index is 12.7. The molecule has 160 valence electrons. The van der Waals surface area contributed by atoms with Crippen LogP contribution in [-0.2, 0) is 40.8 Å². The van der Waals surface area contributed by atoms with Gasteiger partial charge in [0.25, 0.3) is 0 Å². The van der Waals surface area contributed by atoms with Crippen molar-refractivity contribution in [2.24, 2.45) is 0 Å². The molecule has 3 aromatic rings. The highest BCUT2D eigenvalue weighted by atomic mass is 79.9. The first-order valence-electron chi connectivity index (χ1n) is 9.06. The summed E-state index contributed by atoms with van der Waals surface area (Å²) in [5.74, 6) is 1.83. The van der Waals surface area contributed by atoms with E-state index in [2.05, 4.69) is 26.1 Å². The highest BCUT2D eigenvalue weighted by Crippen LogP contribution is 2.30. The summed E-state index contributed by atoms with van der Waals surface area (Å²) >= 11 is 4.78. The van der Waals surface area contributed by atoms with Crippen LogP contribution in [0.2, 0.25) is 0 Å². The summed E-state index contributed by atoms with van der Waals surface area (Å²) in [7, 11) is -1.13. The van der Waals surface area contributed by atoms with E-state index in [0.717, 1.165) is 27.7 Å². The van der Waals surface area contributed by atoms with E-state index in [1.54, 1.807) is 0 Å². The zero-order chi connectivity index (χ0) is 21.7. The van der Waals surface area contributed by atoms with Gasteiger partial charge >= 0.3 is 6.18 Å². The number of alkyl halides is 3. The first-order valence-corrected chi connectivity index (χ1v) is 12.3. The summed E-state index contributed by atoms with van der Waals surface area (Å²) in [5.41, 5.74) is 1.08. The Kier molecular flexibility index (Phi) is 7.75. The van der Waals surface area contributed by atoms with E-state index in [1.807, 2.05) is 35.8 Å². The van der Waals surface area contributed by atoms with Gasteiger partial charge in [0.2, 0.25) is 0 Å². The van der Waals surface area contributed by atoms with Gasteiger partial charge in [0.1, 0.15) is 5.82 Å². The van der Waals surface area contributed by atoms with Gasteiger partial charge in [-0.1, -0.05) is 52.0 Å². The van der Waals surface area contributed by atoms with Crippen LogP contribution < -0.4 is 0 Å². The molecule has 3 rings (SSSR count). The molecule has 2 aromatic carbocycles. The van der Waals surface area contributed by atoms with Gasteiger partial charge in [-0.3, -0.25) is 4.21 Å². The Bertz CT molecular complexity index is 1010. The molecule has 0 radical (unpaired) electrons. The minimum Gasteiger partial charge on any atom is -0.306 e. The van der Waals surface area contributed by atoms with Gasteiger partial charge in [0, 0.05) is 33.3 Å². The zero-order valence-electron chi connectivity index (χ0n) is 16.0. The van der Waals surface area contributed by atoms with Crippen molar-refractivity contribution >= 4 is 38.5 Å². The average Bonchev–Trinajstić information content (AvgIpc) is 3.09. The topological polar surface area (TPSA) is 47.8 Å². The molecule has 1 atom stereocenters. The highest BCUT2D eigenvalue weighted by Gasteiger charge is 2.29. The molecule has 1 unspecified atom stereocenters. The van der Waals surface area contributed by atoms with Crippen molar-refractivity contribution < 1.29 is 17.4 Å². The second-order valence-electron chi connectivity index (χ2n) is 6.48. The van der Waals surface area contributed by atoms with Gasteiger partial charge in [-0.25, -0.2) is 0 Å². The number of rotatable bonds is 8. The Morgan fingerprint density at radius 1 is 1.00 bits per heavy atom. The molecule has 10 heteroatoms. The molecule has 0 aliphatic heterocycles. The lowest BCUT2D eigenvalue weighted by Gasteiger charge is -2.09. The van der Waals surface area contributed by atoms with E-state index in [0.29, 0.717) is 29.0 Å². The number of thioether (sulfide) groups is 1. The number of aromatic nitrogens is 3. The molecule has 0 fully saturated rings. The van der Waals surface area contributed by atoms with Gasteiger partial charge in [-0.2, -0.15) is 13.2 Å². The van der Waals surface area contributed by atoms with Crippen LogP contribution in [0.3, 0.4) is 0 Å². The maximum absolute atomic E-state index is 12.7. The van der Waals surface area contributed by atoms with Crippen molar-refractivity contribution in [3.8, 4) is 0 Å². The van der Waals surface area contributed by atoms with E-state index in [-0.39, 0.29) is 5.75 Å². The van der Waals surface area contributed by atoms with Crippen LogP contribution in [-0.4, -0.2) is 19.0 Å². The second-order valence-corrected chi connectivity index (χ2v) is 9.80. The van der Waals surface area contributed by atoms with E-state index in [1.165, 1.54) is 23.9 Å². The van der Waals surface area contributed by atoms with Crippen molar-refractivity contribution in [2.75, 3.05) is 0 Å². The molecule has 30 heavy (non-hydrogen) atoms. The Labute approximate surface area is 187 Å². The molecule has 4 nitrogen and oxygen atoms in total. The molecular weight excluding hydrogens is 499 g/mol. The average molecular weight is 518 g/mol. The molecule has 1 aromatic heterocycles. The number of benzene rings is 2. The largest absolute Gasteiger partial charge is 0.416 e. The van der Waals surface area contributed by atoms with Crippen molar-refractivity contribution in [3.05, 3.63) is 75.5 Å². The van der Waals surface area contributed by atoms with Gasteiger partial charge < -0.3 is 4.57 Å². The molecule has 0 N–H and O–H groups in total. The van der Waals surface area contributed by atoms with Crippen LogP contribution in [0.4, 0.5) is 13.2 Å². The number of nitrogens with zero attached hydrogens (tertiary/aromatic N) is 3. The normalized spacial score (nSPS) is 12.8. The van der Waals surface area contributed by atoms with E-state index < -0.39 is 22.5 Å². The van der Waals surface area contributed by atoms with E-state index in [4.69, 9.17) is 0 Å². The smallest absolute Gasteiger partial charge is 0.306 e. The van der Waals surface area contributed by atoms with Crippen molar-refractivity contribution in [2.45, 2.75) is 42.1 Å². The predicted molar refractivity (Wildman–Crippen MR) is 116 cm³/mol. The number of hydrogen-bond acceptors (Lipinski definition) is 4. The third-order valence-corrected chi connectivity index (χ3v) is 7.09. The van der Waals surface area contributed by atoms with E-state index >= 15 is 0 Å². The monoisotopic (exact) mass is 517 g/mol. The van der Waals surface area contributed by atoms with Crippen molar-refractivity contribution in [1.29, 1.82) is 0 Å². The summed E-state index contributed by atoms with van der Waals surface area (Å²) in [6.45, 7) is 2.57. The van der Waals surface area contributed by atoms with Crippen LogP contribution in [0, 0.1) is 0 Å². The third kappa shape index (κ3) is 6.18. The van der Waals surface area contributed by atoms with Crippen LogP contribution >= 0.6 is 27.7 Å². The summed E-state index contributed by atoms with van der Waals surface area (Å²) in [4.78, 5) is 0. The van der Waals surface area contributed by atoms with Gasteiger partial charge in [0.05, 0.1) is 11.3 Å². The Hall–Kier alpha value is -1.65. The zero-order valence-corrected chi connectivity index (χ0v) is 19.2. The number of hydrogen-bond donors (Lipinski definition) is 0. The van der Waals surface area contributed by atoms with Gasteiger partial charge in [0.15, 0.2) is 5.16 Å². The fourth-order valence-corrected chi connectivity index (χ4v) is 5.16. The van der Waals surface area contributed by atoms with Crippen LogP contribution in [0.15, 0.2) is 58.2 Å². The van der Waals surface area contributed by atoms with Crippen molar-refractivity contribution in [1.82, 2.24) is 14.8 Å². The molecule has 0 aliphatic rings. The number of halogens is 4. The minimum absolute atomic E-state index is 0.289. The minimum atomic E-state index is -4.34. The highest BCUT2D eigenvalue weighted by molar-refractivity contribution is 9.10. The second kappa shape index (κ2) is 10.1. The van der Waals surface area contributed by atoms with Crippen LogP contribution in [0.5, 0.6) is 0 Å². The van der Waals surface area contributed by atoms with Crippen LogP contribution in [0.1, 0.15) is 29.4 Å². The fraction of sp³-hybridized carbons (Fsp3) is 0.300. The Balaban J connectivity index is 1.62. The summed E-state index contributed by atoms with van der Waals surface area (Å²) in [5, 5.41) is 9.03. The van der Waals surface area contributed by atoms with Crippen molar-refractivity contribution in [3.63, 3.8) is 0 Å². The SMILES string of the molecule is CCn1c(CS(=O)Cc2ccc(Br)cc2)nnc1SCc1ccc(C(F)(F)F)cc1. The summed E-state index contributed by atoms with van der Waals surface area (Å²) in [6.07, 6.45) is -4.34. The Morgan fingerprint density at radius 2 is 1.63 bits per heavy atom. The first kappa shape index (κ1) is 23.0. The molecule has 0 spiro atoms. The molecule has 0 aliphatic carbocycles. The lowest BCUT2D eigenvalue weighted by molar-refractivity contribution is -0.137. The lowest BCUT2D eigenvalue weighted by Crippen LogP contribution is -2.08. The molecule has 0 bridgehead atoms. The van der Waals surface area contributed by atoms with Crippen LogP contribution in [0.25, 0.3) is 0 Å². The molecular formula is C20H19BrF3N3OS2. The predicted octanol–water partition coefficient (Wildman–Crippen LogP) is 5.82. The van der Waals surface area contributed by atoms with Gasteiger partial charge in [-0.15, -0.1) is 10.2 Å². The summed E-state index contributed by atoms with van der Waals surface area (Å²) in [6, 6.07) is 12.8. The first-order chi connectivity index (χ1) is 14.3. The van der Waals surface area contributed by atoms with Gasteiger partial charge in [-0.05, 0) is 42.3 Å². The standard InChI is InChI=1S/C20H19BrF3N3OS2/c1-2-27-18(13-30(28)12-15-5-9-17(21)10-6-15)25-26-19(27)29-11-14-3-7-16(8-4-14)20(22,23)24/h3-10H,2,11-13H2,1H3. The molecule has 1 heterocycles. The Morgan fingerprint density at radius 3 is 2.23 bits per heavy atom. The maximum Gasteiger partial charge on any atom is 0.416 e. The molecule has 0 saturated carbocycles. The fourth-order valence-electron chi connectivity index (χ4n) is 2.75. The summed E-state index contributed by atoms with van der Waals surface area (Å²) < 4.78 is 53.5. The third-order valence-electron chi connectivity index (χ3n) is 4.29.